The van der Waals surface area contributed by atoms with E-state index in [1.807, 2.05) is 25.6 Å². The molecule has 0 aromatic carbocycles. The van der Waals surface area contributed by atoms with Gasteiger partial charge in [-0.2, -0.15) is 23.5 Å². The van der Waals surface area contributed by atoms with Crippen molar-refractivity contribution in [3.63, 3.8) is 0 Å². The molecule has 0 spiro atoms. The third-order valence-electron chi connectivity index (χ3n) is 2.36. The molecule has 0 saturated carbocycles. The van der Waals surface area contributed by atoms with Crippen LogP contribution in [-0.4, -0.2) is 61.1 Å². The Hall–Kier alpha value is 0.130. The first-order valence-electron chi connectivity index (χ1n) is 6.37. The highest BCUT2D eigenvalue weighted by Crippen LogP contribution is 2.23. The number of thioether (sulfide) groups is 2. The normalized spacial score (nSPS) is 11.9. The van der Waals surface area contributed by atoms with Crippen molar-refractivity contribution in [2.75, 3.05) is 50.3 Å². The molecule has 0 bridgehead atoms. The zero-order valence-electron chi connectivity index (χ0n) is 12.3. The summed E-state index contributed by atoms with van der Waals surface area (Å²) in [6, 6.07) is 0. The molecule has 0 aliphatic rings. The summed E-state index contributed by atoms with van der Waals surface area (Å²) in [4.78, 5) is 14.1. The van der Waals surface area contributed by atoms with Crippen molar-refractivity contribution in [3.8, 4) is 0 Å². The van der Waals surface area contributed by atoms with Crippen LogP contribution in [0.3, 0.4) is 0 Å². The standard InChI is InChI=1S/C13H27NO2S2/c1-6-17-10-8-16-12(15)13(2,3)11-18-9-7-14(4)5/h6-11H2,1-5H3. The lowest BCUT2D eigenvalue weighted by molar-refractivity contribution is -0.151. The van der Waals surface area contributed by atoms with E-state index in [1.54, 1.807) is 11.8 Å². The largest absolute Gasteiger partial charge is 0.464 e. The lowest BCUT2D eigenvalue weighted by Gasteiger charge is -2.22. The minimum atomic E-state index is -0.381. The van der Waals surface area contributed by atoms with Gasteiger partial charge in [0.15, 0.2) is 0 Å². The van der Waals surface area contributed by atoms with Gasteiger partial charge in [-0.1, -0.05) is 6.92 Å². The zero-order valence-corrected chi connectivity index (χ0v) is 14.0. The highest BCUT2D eigenvalue weighted by Gasteiger charge is 2.29. The molecule has 0 aromatic rings. The molecule has 0 aromatic heterocycles. The van der Waals surface area contributed by atoms with Crippen molar-refractivity contribution in [3.05, 3.63) is 0 Å². The molecular formula is C13H27NO2S2. The van der Waals surface area contributed by atoms with Gasteiger partial charge in [-0.3, -0.25) is 4.79 Å². The molecule has 0 aliphatic carbocycles. The second-order valence-corrected chi connectivity index (χ2v) is 7.57. The lowest BCUT2D eigenvalue weighted by atomic mass is 9.97. The first-order chi connectivity index (χ1) is 8.40. The molecule has 0 radical (unpaired) electrons. The minimum absolute atomic E-state index is 0.0726. The van der Waals surface area contributed by atoms with Crippen LogP contribution in [0.1, 0.15) is 20.8 Å². The fraction of sp³-hybridized carbons (Fsp3) is 0.923. The molecule has 0 fully saturated rings. The number of carbonyl (C=O) groups excluding carboxylic acids is 1. The number of hydrogen-bond acceptors (Lipinski definition) is 5. The molecule has 0 atom stereocenters. The van der Waals surface area contributed by atoms with Crippen molar-refractivity contribution >= 4 is 29.5 Å². The summed E-state index contributed by atoms with van der Waals surface area (Å²) in [6.45, 7) is 7.61. The average Bonchev–Trinajstić information content (AvgIpc) is 2.30. The SMILES string of the molecule is CCSCCOC(=O)C(C)(C)CSCCN(C)C. The maximum absolute atomic E-state index is 11.9. The molecule has 108 valence electrons. The Kier molecular flexibility index (Phi) is 10.1. The number of carbonyl (C=O) groups is 1. The summed E-state index contributed by atoms with van der Waals surface area (Å²) in [5, 5.41) is 0. The Morgan fingerprint density at radius 1 is 1.22 bits per heavy atom. The second-order valence-electron chi connectivity index (χ2n) is 5.07. The van der Waals surface area contributed by atoms with Gasteiger partial charge in [-0.25, -0.2) is 0 Å². The molecule has 18 heavy (non-hydrogen) atoms. The van der Waals surface area contributed by atoms with E-state index in [1.165, 1.54) is 0 Å². The van der Waals surface area contributed by atoms with E-state index in [9.17, 15) is 4.79 Å². The van der Waals surface area contributed by atoms with Gasteiger partial charge in [-0.05, 0) is 33.7 Å². The van der Waals surface area contributed by atoms with Gasteiger partial charge in [0.05, 0.1) is 5.41 Å². The molecule has 0 aliphatic heterocycles. The van der Waals surface area contributed by atoms with Crippen LogP contribution in [0, 0.1) is 5.41 Å². The van der Waals surface area contributed by atoms with Crippen LogP contribution in [0.2, 0.25) is 0 Å². The number of rotatable bonds is 10. The van der Waals surface area contributed by atoms with Crippen molar-refractivity contribution < 1.29 is 9.53 Å². The molecular weight excluding hydrogens is 266 g/mol. The topological polar surface area (TPSA) is 29.5 Å². The maximum atomic E-state index is 11.9. The van der Waals surface area contributed by atoms with Crippen LogP contribution in [0.5, 0.6) is 0 Å². The Bertz CT molecular complexity index is 233. The van der Waals surface area contributed by atoms with Gasteiger partial charge in [0.1, 0.15) is 6.61 Å². The Morgan fingerprint density at radius 3 is 2.44 bits per heavy atom. The first kappa shape index (κ1) is 18.1. The molecule has 0 rings (SSSR count). The van der Waals surface area contributed by atoms with Gasteiger partial charge in [0, 0.05) is 23.8 Å². The van der Waals surface area contributed by atoms with Crippen molar-refractivity contribution in [2.45, 2.75) is 20.8 Å². The van der Waals surface area contributed by atoms with Crippen LogP contribution >= 0.6 is 23.5 Å². The predicted octanol–water partition coefficient (Wildman–Crippen LogP) is 2.60. The van der Waals surface area contributed by atoms with E-state index in [2.05, 4.69) is 25.9 Å². The van der Waals surface area contributed by atoms with Crippen molar-refractivity contribution in [2.24, 2.45) is 5.41 Å². The fourth-order valence-corrected chi connectivity index (χ4v) is 2.92. The minimum Gasteiger partial charge on any atom is -0.464 e. The zero-order chi connectivity index (χ0) is 14.0. The summed E-state index contributed by atoms with van der Waals surface area (Å²) in [7, 11) is 4.12. The fourth-order valence-electron chi connectivity index (χ4n) is 1.17. The van der Waals surface area contributed by atoms with Gasteiger partial charge < -0.3 is 9.64 Å². The van der Waals surface area contributed by atoms with E-state index < -0.39 is 0 Å². The highest BCUT2D eigenvalue weighted by atomic mass is 32.2. The summed E-state index contributed by atoms with van der Waals surface area (Å²) >= 11 is 3.61. The van der Waals surface area contributed by atoms with Crippen LogP contribution in [-0.2, 0) is 9.53 Å². The summed E-state index contributed by atoms with van der Waals surface area (Å²) in [5.41, 5.74) is -0.381. The van der Waals surface area contributed by atoms with E-state index in [-0.39, 0.29) is 11.4 Å². The maximum Gasteiger partial charge on any atom is 0.312 e. The van der Waals surface area contributed by atoms with Crippen molar-refractivity contribution in [1.82, 2.24) is 4.90 Å². The monoisotopic (exact) mass is 293 g/mol. The number of hydrogen-bond donors (Lipinski definition) is 0. The first-order valence-corrected chi connectivity index (χ1v) is 8.68. The number of ether oxygens (including phenoxy) is 1. The molecule has 0 N–H and O–H groups in total. The van der Waals surface area contributed by atoms with Gasteiger partial charge in [-0.15, -0.1) is 0 Å². The molecule has 0 amide bonds. The van der Waals surface area contributed by atoms with Crippen molar-refractivity contribution in [1.29, 1.82) is 0 Å². The summed E-state index contributed by atoms with van der Waals surface area (Å²) < 4.78 is 5.30. The molecule has 0 heterocycles. The van der Waals surface area contributed by atoms with Gasteiger partial charge >= 0.3 is 5.97 Å². The highest BCUT2D eigenvalue weighted by molar-refractivity contribution is 7.99. The third-order valence-corrected chi connectivity index (χ3v) is 4.62. The van der Waals surface area contributed by atoms with E-state index in [0.29, 0.717) is 6.61 Å². The van der Waals surface area contributed by atoms with Crippen LogP contribution in [0.15, 0.2) is 0 Å². The number of nitrogens with zero attached hydrogens (tertiary/aromatic N) is 1. The smallest absolute Gasteiger partial charge is 0.312 e. The van der Waals surface area contributed by atoms with Crippen LogP contribution in [0.25, 0.3) is 0 Å². The van der Waals surface area contributed by atoms with E-state index >= 15 is 0 Å². The molecule has 5 heteroatoms. The summed E-state index contributed by atoms with van der Waals surface area (Å²) in [5.74, 6) is 3.76. The quantitative estimate of drug-likeness (QED) is 0.456. The third kappa shape index (κ3) is 9.11. The Morgan fingerprint density at radius 2 is 1.89 bits per heavy atom. The van der Waals surface area contributed by atoms with Gasteiger partial charge in [0.25, 0.3) is 0 Å². The number of esters is 1. The lowest BCUT2D eigenvalue weighted by Crippen LogP contribution is -2.30. The molecule has 0 saturated heterocycles. The van der Waals surface area contributed by atoms with Gasteiger partial charge in [0.2, 0.25) is 0 Å². The van der Waals surface area contributed by atoms with E-state index in [4.69, 9.17) is 4.74 Å². The van der Waals surface area contributed by atoms with Crippen LogP contribution in [0.4, 0.5) is 0 Å². The second kappa shape index (κ2) is 9.98. The predicted molar refractivity (Wildman–Crippen MR) is 83.6 cm³/mol. The summed E-state index contributed by atoms with van der Waals surface area (Å²) in [6.07, 6.45) is 0. The Labute approximate surface area is 120 Å². The Balaban J connectivity index is 3.77. The van der Waals surface area contributed by atoms with E-state index in [0.717, 1.165) is 29.6 Å². The van der Waals surface area contributed by atoms with Crippen LogP contribution < -0.4 is 0 Å². The average molecular weight is 293 g/mol. The molecule has 0 unspecified atom stereocenters. The molecule has 3 nitrogen and oxygen atoms in total.